The van der Waals surface area contributed by atoms with E-state index in [0.717, 1.165) is 45.6 Å². The minimum atomic E-state index is 0.723. The predicted octanol–water partition coefficient (Wildman–Crippen LogP) is 3.71. The van der Waals surface area contributed by atoms with E-state index in [1.165, 1.54) is 17.5 Å². The van der Waals surface area contributed by atoms with Gasteiger partial charge in [0.2, 0.25) is 0 Å². The first-order chi connectivity index (χ1) is 9.38. The fraction of sp³-hybridized carbons (Fsp3) is 0.529. The van der Waals surface area contributed by atoms with Crippen LogP contribution >= 0.6 is 0 Å². The summed E-state index contributed by atoms with van der Waals surface area (Å²) < 4.78 is 5.72. The lowest BCUT2D eigenvalue weighted by molar-refractivity contribution is 0.118. The monoisotopic (exact) mass is 261 g/mol. The molecule has 0 aromatic heterocycles. The van der Waals surface area contributed by atoms with Crippen molar-refractivity contribution in [1.29, 1.82) is 0 Å². The van der Waals surface area contributed by atoms with Gasteiger partial charge in [0.25, 0.3) is 0 Å². The third-order valence-electron chi connectivity index (χ3n) is 3.07. The first-order valence-corrected chi connectivity index (χ1v) is 7.34. The number of rotatable bonds is 11. The van der Waals surface area contributed by atoms with Crippen molar-refractivity contribution in [3.63, 3.8) is 0 Å². The molecule has 0 bridgehead atoms. The van der Waals surface area contributed by atoms with Crippen LogP contribution in [0.5, 0.6) is 0 Å². The second-order valence-electron chi connectivity index (χ2n) is 4.75. The minimum Gasteiger partial charge on any atom is -0.377 e. The molecule has 106 valence electrons. The summed E-state index contributed by atoms with van der Waals surface area (Å²) in [5.74, 6) is 0. The number of nitrogens with one attached hydrogen (secondary N) is 1. The molecular weight excluding hydrogens is 234 g/mol. The van der Waals surface area contributed by atoms with Crippen molar-refractivity contribution in [1.82, 2.24) is 5.32 Å². The number of ether oxygens (including phenoxy) is 1. The van der Waals surface area contributed by atoms with Crippen LogP contribution < -0.4 is 5.32 Å². The summed E-state index contributed by atoms with van der Waals surface area (Å²) in [4.78, 5) is 0. The van der Waals surface area contributed by atoms with Crippen LogP contribution in [0.25, 0.3) is 0 Å². The van der Waals surface area contributed by atoms with Gasteiger partial charge in [-0.25, -0.2) is 0 Å². The summed E-state index contributed by atoms with van der Waals surface area (Å²) >= 11 is 0. The van der Waals surface area contributed by atoms with Crippen LogP contribution in [-0.2, 0) is 17.8 Å². The molecule has 2 heteroatoms. The zero-order valence-corrected chi connectivity index (χ0v) is 12.2. The normalized spacial score (nSPS) is 10.6. The van der Waals surface area contributed by atoms with Crippen LogP contribution in [0.1, 0.15) is 37.3 Å². The van der Waals surface area contributed by atoms with Gasteiger partial charge >= 0.3 is 0 Å². The van der Waals surface area contributed by atoms with Gasteiger partial charge in [0.15, 0.2) is 0 Å². The van der Waals surface area contributed by atoms with Crippen molar-refractivity contribution in [3.8, 4) is 0 Å². The van der Waals surface area contributed by atoms with Crippen molar-refractivity contribution in [2.45, 2.75) is 39.2 Å². The molecule has 0 aliphatic carbocycles. The van der Waals surface area contributed by atoms with Gasteiger partial charge in [-0.3, -0.25) is 0 Å². The molecule has 0 aliphatic rings. The largest absolute Gasteiger partial charge is 0.377 e. The van der Waals surface area contributed by atoms with Gasteiger partial charge in [-0.15, -0.1) is 6.58 Å². The lowest BCUT2D eigenvalue weighted by Gasteiger charge is -2.10. The molecule has 1 rings (SSSR count). The summed E-state index contributed by atoms with van der Waals surface area (Å²) in [6, 6.07) is 8.57. The Morgan fingerprint density at radius 3 is 2.74 bits per heavy atom. The Bertz CT molecular complexity index is 349. The predicted molar refractivity (Wildman–Crippen MR) is 82.4 cm³/mol. The Balaban J connectivity index is 2.33. The highest BCUT2D eigenvalue weighted by molar-refractivity contribution is 5.26. The first-order valence-electron chi connectivity index (χ1n) is 7.34. The molecule has 0 saturated heterocycles. The molecule has 0 spiro atoms. The number of hydrogen-bond acceptors (Lipinski definition) is 2. The molecule has 0 heterocycles. The zero-order valence-electron chi connectivity index (χ0n) is 12.2. The Hall–Kier alpha value is -1.12. The van der Waals surface area contributed by atoms with Crippen LogP contribution in [-0.4, -0.2) is 19.7 Å². The fourth-order valence-corrected chi connectivity index (χ4v) is 1.98. The zero-order chi connectivity index (χ0) is 13.8. The Labute approximate surface area is 117 Å². The molecule has 0 aliphatic heterocycles. The molecular formula is C17H27NO. The summed E-state index contributed by atoms with van der Waals surface area (Å²) in [7, 11) is 0. The van der Waals surface area contributed by atoms with Gasteiger partial charge in [-0.1, -0.05) is 37.3 Å². The lowest BCUT2D eigenvalue weighted by Crippen LogP contribution is -2.18. The van der Waals surface area contributed by atoms with E-state index in [4.69, 9.17) is 4.74 Å². The average molecular weight is 261 g/mol. The summed E-state index contributed by atoms with van der Waals surface area (Å²) in [6.07, 6.45) is 6.29. The average Bonchev–Trinajstić information content (AvgIpc) is 2.45. The van der Waals surface area contributed by atoms with Crippen molar-refractivity contribution in [3.05, 3.63) is 48.0 Å². The van der Waals surface area contributed by atoms with E-state index in [9.17, 15) is 0 Å². The molecule has 0 atom stereocenters. The van der Waals surface area contributed by atoms with E-state index < -0.39 is 0 Å². The smallest absolute Gasteiger partial charge is 0.0719 e. The lowest BCUT2D eigenvalue weighted by atomic mass is 10.1. The van der Waals surface area contributed by atoms with Crippen LogP contribution in [0, 0.1) is 0 Å². The van der Waals surface area contributed by atoms with Gasteiger partial charge in [0.1, 0.15) is 0 Å². The van der Waals surface area contributed by atoms with E-state index in [2.05, 4.69) is 43.1 Å². The summed E-state index contributed by atoms with van der Waals surface area (Å²) in [5, 5.41) is 3.44. The van der Waals surface area contributed by atoms with Gasteiger partial charge in [0.05, 0.1) is 6.61 Å². The van der Waals surface area contributed by atoms with Crippen LogP contribution in [0.15, 0.2) is 36.9 Å². The van der Waals surface area contributed by atoms with Gasteiger partial charge in [-0.05, 0) is 49.9 Å². The maximum atomic E-state index is 5.72. The van der Waals surface area contributed by atoms with E-state index in [-0.39, 0.29) is 0 Å². The van der Waals surface area contributed by atoms with Crippen molar-refractivity contribution in [2.75, 3.05) is 19.7 Å². The van der Waals surface area contributed by atoms with Crippen molar-refractivity contribution in [2.24, 2.45) is 0 Å². The Kier molecular flexibility index (Phi) is 9.03. The highest BCUT2D eigenvalue weighted by Crippen LogP contribution is 2.11. The molecule has 1 aromatic rings. The Morgan fingerprint density at radius 2 is 2.00 bits per heavy atom. The van der Waals surface area contributed by atoms with Gasteiger partial charge < -0.3 is 10.1 Å². The molecule has 0 saturated carbocycles. The fourth-order valence-electron chi connectivity index (χ4n) is 1.98. The van der Waals surface area contributed by atoms with Gasteiger partial charge in [0, 0.05) is 6.61 Å². The van der Waals surface area contributed by atoms with Crippen LogP contribution in [0.3, 0.4) is 0 Å². The van der Waals surface area contributed by atoms with Crippen LogP contribution in [0.2, 0.25) is 0 Å². The van der Waals surface area contributed by atoms with E-state index >= 15 is 0 Å². The molecule has 0 unspecified atom stereocenters. The van der Waals surface area contributed by atoms with Gasteiger partial charge in [-0.2, -0.15) is 0 Å². The molecule has 1 N–H and O–H groups in total. The molecule has 0 amide bonds. The number of unbranched alkanes of at least 4 members (excludes halogenated alkanes) is 1. The highest BCUT2D eigenvalue weighted by Gasteiger charge is 2.01. The second kappa shape index (κ2) is 10.8. The van der Waals surface area contributed by atoms with Crippen LogP contribution in [0.4, 0.5) is 0 Å². The quantitative estimate of drug-likeness (QED) is 0.484. The number of hydrogen-bond donors (Lipinski definition) is 1. The topological polar surface area (TPSA) is 21.3 Å². The molecule has 1 aromatic carbocycles. The van der Waals surface area contributed by atoms with E-state index in [0.29, 0.717) is 0 Å². The van der Waals surface area contributed by atoms with Crippen molar-refractivity contribution < 1.29 is 4.74 Å². The SMILES string of the molecule is C=CCCCOCc1ccccc1CCNCCC. The first kappa shape index (κ1) is 15.9. The standard InChI is InChI=1S/C17H27NO/c1-3-5-8-14-19-15-17-10-7-6-9-16(17)11-13-18-12-4-2/h3,6-7,9-10,18H,1,4-5,8,11-15H2,2H3. The molecule has 2 nitrogen and oxygen atoms in total. The molecule has 19 heavy (non-hydrogen) atoms. The Morgan fingerprint density at radius 1 is 1.21 bits per heavy atom. The van der Waals surface area contributed by atoms with Crippen molar-refractivity contribution >= 4 is 0 Å². The molecule has 0 radical (unpaired) electrons. The summed E-state index contributed by atoms with van der Waals surface area (Å²) in [6.45, 7) is 9.59. The maximum Gasteiger partial charge on any atom is 0.0719 e. The maximum absolute atomic E-state index is 5.72. The molecule has 0 fully saturated rings. The minimum absolute atomic E-state index is 0.723. The number of benzene rings is 1. The second-order valence-corrected chi connectivity index (χ2v) is 4.75. The third-order valence-corrected chi connectivity index (χ3v) is 3.07. The highest BCUT2D eigenvalue weighted by atomic mass is 16.5. The third kappa shape index (κ3) is 7.14. The number of allylic oxidation sites excluding steroid dienone is 1. The van der Waals surface area contributed by atoms with E-state index in [1.807, 2.05) is 6.08 Å². The van der Waals surface area contributed by atoms with E-state index in [1.54, 1.807) is 0 Å². The summed E-state index contributed by atoms with van der Waals surface area (Å²) in [5.41, 5.74) is 2.72.